The summed E-state index contributed by atoms with van der Waals surface area (Å²) in [5.74, 6) is 0.112. The zero-order valence-electron chi connectivity index (χ0n) is 15.0. The summed E-state index contributed by atoms with van der Waals surface area (Å²) in [6.07, 6.45) is 0.0321. The van der Waals surface area contributed by atoms with Crippen LogP contribution in [-0.2, 0) is 6.18 Å². The highest BCUT2D eigenvalue weighted by Gasteiger charge is 2.30. The standard InChI is InChI=1S/C19H13F3N6O/c1-11-15(17(29)25-14-4-2-3-13(9-14)19(20,21)22)10-24-18-26-16(27-28(11)18)12-5-7-23-8-6-12/h2-10H,1H3,(H,25,29). The third kappa shape index (κ3) is 3.64. The Morgan fingerprint density at radius 1 is 1.14 bits per heavy atom. The highest BCUT2D eigenvalue weighted by molar-refractivity contribution is 6.05. The molecule has 0 saturated heterocycles. The number of alkyl halides is 3. The van der Waals surface area contributed by atoms with Crippen molar-refractivity contribution >= 4 is 17.4 Å². The van der Waals surface area contributed by atoms with Crippen molar-refractivity contribution in [2.45, 2.75) is 13.1 Å². The highest BCUT2D eigenvalue weighted by Crippen LogP contribution is 2.30. The Balaban J connectivity index is 1.66. The van der Waals surface area contributed by atoms with Crippen LogP contribution in [0.5, 0.6) is 0 Å². The molecule has 1 aromatic carbocycles. The van der Waals surface area contributed by atoms with Gasteiger partial charge in [0.15, 0.2) is 5.82 Å². The molecule has 0 unspecified atom stereocenters. The van der Waals surface area contributed by atoms with Crippen LogP contribution in [0.4, 0.5) is 18.9 Å². The quantitative estimate of drug-likeness (QED) is 0.568. The first-order valence-corrected chi connectivity index (χ1v) is 8.44. The van der Waals surface area contributed by atoms with E-state index >= 15 is 0 Å². The average molecular weight is 398 g/mol. The van der Waals surface area contributed by atoms with Gasteiger partial charge < -0.3 is 5.32 Å². The molecule has 3 heterocycles. The normalized spacial score (nSPS) is 11.6. The number of aryl methyl sites for hydroxylation is 1. The zero-order valence-corrected chi connectivity index (χ0v) is 15.0. The van der Waals surface area contributed by atoms with Gasteiger partial charge in [0.25, 0.3) is 11.7 Å². The molecule has 1 N–H and O–H groups in total. The molecule has 7 nitrogen and oxygen atoms in total. The molecule has 0 aliphatic carbocycles. The predicted octanol–water partition coefficient (Wildman–Crippen LogP) is 3.77. The summed E-state index contributed by atoms with van der Waals surface area (Å²) in [5.41, 5.74) is 0.535. The van der Waals surface area contributed by atoms with Crippen LogP contribution in [0.3, 0.4) is 0 Å². The van der Waals surface area contributed by atoms with Crippen LogP contribution in [0.15, 0.2) is 55.0 Å². The lowest BCUT2D eigenvalue weighted by molar-refractivity contribution is -0.137. The van der Waals surface area contributed by atoms with Gasteiger partial charge in [0.1, 0.15) is 0 Å². The minimum absolute atomic E-state index is 0.0281. The number of halogens is 3. The molecule has 1 amide bonds. The number of hydrogen-bond acceptors (Lipinski definition) is 5. The number of fused-ring (bicyclic) bond motifs is 1. The first-order valence-electron chi connectivity index (χ1n) is 8.44. The van der Waals surface area contributed by atoms with Gasteiger partial charge in [-0.15, -0.1) is 5.10 Å². The fourth-order valence-electron chi connectivity index (χ4n) is 2.76. The maximum atomic E-state index is 12.9. The van der Waals surface area contributed by atoms with Gasteiger partial charge in [-0.25, -0.2) is 9.50 Å². The minimum atomic E-state index is -4.50. The molecule has 0 saturated carbocycles. The molecule has 0 atom stereocenters. The third-order valence-electron chi connectivity index (χ3n) is 4.24. The molecular formula is C19H13F3N6O. The maximum Gasteiger partial charge on any atom is 0.416 e. The number of benzene rings is 1. The summed E-state index contributed by atoms with van der Waals surface area (Å²) in [6, 6.07) is 7.90. The fourth-order valence-corrected chi connectivity index (χ4v) is 2.76. The number of hydrogen-bond donors (Lipinski definition) is 1. The van der Waals surface area contributed by atoms with Crippen molar-refractivity contribution in [3.63, 3.8) is 0 Å². The van der Waals surface area contributed by atoms with Crippen LogP contribution in [0.2, 0.25) is 0 Å². The molecule has 29 heavy (non-hydrogen) atoms. The molecule has 0 fully saturated rings. The van der Waals surface area contributed by atoms with E-state index in [2.05, 4.69) is 25.4 Å². The van der Waals surface area contributed by atoms with E-state index in [1.54, 1.807) is 31.5 Å². The van der Waals surface area contributed by atoms with Crippen molar-refractivity contribution in [3.8, 4) is 11.4 Å². The van der Waals surface area contributed by atoms with Gasteiger partial charge in [0.2, 0.25) is 0 Å². The van der Waals surface area contributed by atoms with E-state index in [1.165, 1.54) is 22.8 Å². The van der Waals surface area contributed by atoms with E-state index in [9.17, 15) is 18.0 Å². The zero-order chi connectivity index (χ0) is 20.6. The SMILES string of the molecule is Cc1c(C(=O)Nc2cccc(C(F)(F)F)c2)cnc2nc(-c3ccncc3)nn12. The van der Waals surface area contributed by atoms with Crippen molar-refractivity contribution in [1.82, 2.24) is 24.6 Å². The Hall–Kier alpha value is -3.82. The van der Waals surface area contributed by atoms with Crippen LogP contribution >= 0.6 is 0 Å². The molecule has 0 radical (unpaired) electrons. The van der Waals surface area contributed by atoms with Crippen LogP contribution in [0.1, 0.15) is 21.6 Å². The summed E-state index contributed by atoms with van der Waals surface area (Å²) in [6.45, 7) is 1.65. The Labute approximate surface area is 162 Å². The number of nitrogens with one attached hydrogen (secondary N) is 1. The number of aromatic nitrogens is 5. The lowest BCUT2D eigenvalue weighted by Gasteiger charge is -2.11. The van der Waals surface area contributed by atoms with Gasteiger partial charge in [-0.05, 0) is 37.3 Å². The first-order chi connectivity index (χ1) is 13.8. The number of nitrogens with zero attached hydrogens (tertiary/aromatic N) is 5. The van der Waals surface area contributed by atoms with Crippen molar-refractivity contribution in [3.05, 3.63) is 71.8 Å². The van der Waals surface area contributed by atoms with Crippen molar-refractivity contribution in [2.24, 2.45) is 0 Å². The van der Waals surface area contributed by atoms with E-state index < -0.39 is 17.6 Å². The van der Waals surface area contributed by atoms with Crippen molar-refractivity contribution in [2.75, 3.05) is 5.32 Å². The molecule has 0 bridgehead atoms. The van der Waals surface area contributed by atoms with Crippen LogP contribution in [0.25, 0.3) is 17.2 Å². The van der Waals surface area contributed by atoms with Crippen LogP contribution < -0.4 is 5.32 Å². The summed E-state index contributed by atoms with van der Waals surface area (Å²) in [4.78, 5) is 25.0. The molecular weight excluding hydrogens is 385 g/mol. The second kappa shape index (κ2) is 6.97. The number of amides is 1. The van der Waals surface area contributed by atoms with Gasteiger partial charge in [0.05, 0.1) is 16.8 Å². The summed E-state index contributed by atoms with van der Waals surface area (Å²) in [5, 5.41) is 6.83. The summed E-state index contributed by atoms with van der Waals surface area (Å²) >= 11 is 0. The summed E-state index contributed by atoms with van der Waals surface area (Å²) in [7, 11) is 0. The van der Waals surface area contributed by atoms with E-state index in [0.717, 1.165) is 17.7 Å². The van der Waals surface area contributed by atoms with E-state index in [-0.39, 0.29) is 11.3 Å². The summed E-state index contributed by atoms with van der Waals surface area (Å²) < 4.78 is 40.0. The topological polar surface area (TPSA) is 85.1 Å². The Morgan fingerprint density at radius 3 is 2.62 bits per heavy atom. The van der Waals surface area contributed by atoms with Gasteiger partial charge in [-0.1, -0.05) is 6.07 Å². The minimum Gasteiger partial charge on any atom is -0.322 e. The largest absolute Gasteiger partial charge is 0.416 e. The molecule has 0 aliphatic heterocycles. The molecule has 3 aromatic heterocycles. The van der Waals surface area contributed by atoms with Crippen molar-refractivity contribution < 1.29 is 18.0 Å². The maximum absolute atomic E-state index is 12.9. The lowest BCUT2D eigenvalue weighted by Crippen LogP contribution is -2.16. The average Bonchev–Trinajstić information content (AvgIpc) is 3.14. The Kier molecular flexibility index (Phi) is 4.45. The molecule has 146 valence electrons. The highest BCUT2D eigenvalue weighted by atomic mass is 19.4. The number of anilines is 1. The van der Waals surface area contributed by atoms with E-state index in [4.69, 9.17) is 0 Å². The van der Waals surface area contributed by atoms with E-state index in [1.807, 2.05) is 0 Å². The Bertz CT molecular complexity index is 1200. The number of rotatable bonds is 3. The van der Waals surface area contributed by atoms with Gasteiger partial charge in [-0.2, -0.15) is 18.2 Å². The van der Waals surface area contributed by atoms with E-state index in [0.29, 0.717) is 17.3 Å². The Morgan fingerprint density at radius 2 is 1.90 bits per heavy atom. The first kappa shape index (κ1) is 18.5. The number of pyridine rings is 1. The molecule has 10 heteroatoms. The monoisotopic (exact) mass is 398 g/mol. The number of carbonyl (C=O) groups is 1. The van der Waals surface area contributed by atoms with Crippen LogP contribution in [0, 0.1) is 6.92 Å². The van der Waals surface area contributed by atoms with Crippen molar-refractivity contribution in [1.29, 1.82) is 0 Å². The lowest BCUT2D eigenvalue weighted by atomic mass is 10.1. The predicted molar refractivity (Wildman–Crippen MR) is 98.1 cm³/mol. The smallest absolute Gasteiger partial charge is 0.322 e. The number of carbonyl (C=O) groups excluding carboxylic acids is 1. The van der Waals surface area contributed by atoms with Crippen LogP contribution in [-0.4, -0.2) is 30.5 Å². The molecule has 4 rings (SSSR count). The fraction of sp³-hybridized carbons (Fsp3) is 0.105. The third-order valence-corrected chi connectivity index (χ3v) is 4.24. The molecule has 4 aromatic rings. The second-order valence-corrected chi connectivity index (χ2v) is 6.17. The second-order valence-electron chi connectivity index (χ2n) is 6.17. The van der Waals surface area contributed by atoms with Gasteiger partial charge in [0, 0.05) is 29.8 Å². The molecule has 0 aliphatic rings. The molecule has 0 spiro atoms. The van der Waals surface area contributed by atoms with Gasteiger partial charge >= 0.3 is 6.18 Å². The van der Waals surface area contributed by atoms with Gasteiger partial charge in [-0.3, -0.25) is 9.78 Å².